The molecule has 1 aliphatic rings. The summed E-state index contributed by atoms with van der Waals surface area (Å²) in [5.41, 5.74) is 6.82. The van der Waals surface area contributed by atoms with Gasteiger partial charge in [-0.15, -0.1) is 0 Å². The molecule has 0 fully saturated rings. The summed E-state index contributed by atoms with van der Waals surface area (Å²) in [6.45, 7) is 1.91. The molecule has 1 atom stereocenters. The second kappa shape index (κ2) is 8.15. The molecule has 2 N–H and O–H groups in total. The van der Waals surface area contributed by atoms with Crippen molar-refractivity contribution in [3.63, 3.8) is 0 Å². The van der Waals surface area contributed by atoms with E-state index in [0.717, 1.165) is 11.3 Å². The van der Waals surface area contributed by atoms with Crippen LogP contribution in [0.2, 0.25) is 0 Å². The maximum absolute atomic E-state index is 12.4. The Morgan fingerprint density at radius 2 is 1.73 bits per heavy atom. The quantitative estimate of drug-likeness (QED) is 0.829. The number of hydrazone groups is 1. The molecule has 0 radical (unpaired) electrons. The monoisotopic (exact) mass is 352 g/mol. The summed E-state index contributed by atoms with van der Waals surface area (Å²) in [6.07, 6.45) is -0.283. The lowest BCUT2D eigenvalue weighted by molar-refractivity contribution is -0.115. The van der Waals surface area contributed by atoms with Crippen LogP contribution < -0.4 is 15.9 Å². The molecule has 1 heterocycles. The lowest BCUT2D eigenvalue weighted by atomic mass is 10.0. The second-order valence-electron chi connectivity index (χ2n) is 5.66. The molecule has 26 heavy (non-hydrogen) atoms. The third-order valence-corrected chi connectivity index (χ3v) is 3.93. The lowest BCUT2D eigenvalue weighted by Gasteiger charge is -2.23. The van der Waals surface area contributed by atoms with E-state index in [1.807, 2.05) is 65.7 Å². The first-order valence-corrected chi connectivity index (χ1v) is 8.39. The van der Waals surface area contributed by atoms with E-state index in [1.165, 1.54) is 0 Å². The molecule has 1 unspecified atom stereocenters. The van der Waals surface area contributed by atoms with E-state index in [0.29, 0.717) is 12.1 Å². The second-order valence-corrected chi connectivity index (χ2v) is 5.66. The number of amides is 2. The molecule has 0 spiro atoms. The maximum Gasteiger partial charge on any atom is 0.426 e. The summed E-state index contributed by atoms with van der Waals surface area (Å²) in [5, 5.41) is 6.31. The van der Waals surface area contributed by atoms with E-state index in [1.54, 1.807) is 6.92 Å². The number of para-hydroxylation sites is 1. The van der Waals surface area contributed by atoms with Crippen molar-refractivity contribution in [3.05, 3.63) is 66.2 Å². The minimum Gasteiger partial charge on any atom is -0.449 e. The summed E-state index contributed by atoms with van der Waals surface area (Å²) >= 11 is 0. The summed E-state index contributed by atoms with van der Waals surface area (Å²) in [7, 11) is 0. The number of carbonyl (C=O) groups excluding carboxylic acids is 2. The van der Waals surface area contributed by atoms with Crippen LogP contribution in [-0.2, 0) is 9.53 Å². The zero-order valence-electron chi connectivity index (χ0n) is 14.4. The molecule has 2 aromatic rings. The fourth-order valence-corrected chi connectivity index (χ4v) is 2.75. The Morgan fingerprint density at radius 3 is 2.38 bits per heavy atom. The van der Waals surface area contributed by atoms with Crippen LogP contribution in [0.5, 0.6) is 0 Å². The largest absolute Gasteiger partial charge is 0.449 e. The first-order chi connectivity index (χ1) is 12.7. The molecular weight excluding hydrogens is 332 g/mol. The van der Waals surface area contributed by atoms with E-state index in [-0.39, 0.29) is 12.6 Å². The molecule has 0 saturated heterocycles. The topological polar surface area (TPSA) is 83.0 Å². The van der Waals surface area contributed by atoms with E-state index < -0.39 is 12.0 Å². The van der Waals surface area contributed by atoms with Gasteiger partial charge in [0.05, 0.1) is 18.3 Å². The van der Waals surface area contributed by atoms with Gasteiger partial charge < -0.3 is 4.74 Å². The Balaban J connectivity index is 1.79. The predicted octanol–water partition coefficient (Wildman–Crippen LogP) is 2.77. The van der Waals surface area contributed by atoms with Crippen LogP contribution >= 0.6 is 0 Å². The number of hydrogen-bond acceptors (Lipinski definition) is 5. The van der Waals surface area contributed by atoms with Gasteiger partial charge in [0.15, 0.2) is 0 Å². The van der Waals surface area contributed by atoms with Gasteiger partial charge in [-0.05, 0) is 24.6 Å². The number of nitrogens with one attached hydrogen (secondary N) is 2. The van der Waals surface area contributed by atoms with Crippen LogP contribution in [0.15, 0.2) is 65.8 Å². The van der Waals surface area contributed by atoms with Crippen LogP contribution in [0.3, 0.4) is 0 Å². The standard InChI is InChI=1S/C19H20N4O3/c1-2-26-19(25)21-20-18(24)16-13-17(14-9-5-3-6-10-14)23(22-16)15-11-7-4-8-12-15/h3-12,17H,2,13H2,1H3,(H,20,24)(H,21,25). The van der Waals surface area contributed by atoms with Crippen LogP contribution in [0.25, 0.3) is 0 Å². The van der Waals surface area contributed by atoms with Gasteiger partial charge in [0, 0.05) is 6.42 Å². The summed E-state index contributed by atoms with van der Waals surface area (Å²) < 4.78 is 4.72. The number of rotatable bonds is 4. The molecule has 0 aromatic heterocycles. The highest BCUT2D eigenvalue weighted by molar-refractivity contribution is 6.39. The summed E-state index contributed by atoms with van der Waals surface area (Å²) in [6, 6.07) is 19.4. The van der Waals surface area contributed by atoms with Crippen molar-refractivity contribution in [2.45, 2.75) is 19.4 Å². The third kappa shape index (κ3) is 4.00. The maximum atomic E-state index is 12.4. The molecule has 134 valence electrons. The average molecular weight is 352 g/mol. The fourth-order valence-electron chi connectivity index (χ4n) is 2.75. The molecule has 1 aliphatic heterocycles. The molecule has 0 bridgehead atoms. The van der Waals surface area contributed by atoms with E-state index >= 15 is 0 Å². The van der Waals surface area contributed by atoms with Gasteiger partial charge in [-0.1, -0.05) is 48.5 Å². The highest BCUT2D eigenvalue weighted by atomic mass is 16.5. The van der Waals surface area contributed by atoms with Gasteiger partial charge in [0.2, 0.25) is 0 Å². The molecule has 0 saturated carbocycles. The van der Waals surface area contributed by atoms with Crippen molar-refractivity contribution in [1.82, 2.24) is 10.9 Å². The minimum atomic E-state index is -0.709. The van der Waals surface area contributed by atoms with Gasteiger partial charge >= 0.3 is 6.09 Å². The fraction of sp³-hybridized carbons (Fsp3) is 0.211. The van der Waals surface area contributed by atoms with Crippen molar-refractivity contribution in [1.29, 1.82) is 0 Å². The lowest BCUT2D eigenvalue weighted by Crippen LogP contribution is -2.44. The highest BCUT2D eigenvalue weighted by Gasteiger charge is 2.32. The van der Waals surface area contributed by atoms with Crippen LogP contribution in [-0.4, -0.2) is 24.3 Å². The molecular formula is C19H20N4O3. The summed E-state index contributed by atoms with van der Waals surface area (Å²) in [4.78, 5) is 23.7. The summed E-state index contributed by atoms with van der Waals surface area (Å²) in [5.74, 6) is -0.461. The van der Waals surface area contributed by atoms with Gasteiger partial charge in [-0.25, -0.2) is 10.2 Å². The van der Waals surface area contributed by atoms with Crippen molar-refractivity contribution in [2.24, 2.45) is 5.10 Å². The van der Waals surface area contributed by atoms with Gasteiger partial charge in [-0.3, -0.25) is 15.2 Å². The Morgan fingerprint density at radius 1 is 1.08 bits per heavy atom. The van der Waals surface area contributed by atoms with Gasteiger partial charge in [0.25, 0.3) is 5.91 Å². The van der Waals surface area contributed by atoms with E-state index in [4.69, 9.17) is 4.74 Å². The smallest absolute Gasteiger partial charge is 0.426 e. The SMILES string of the molecule is CCOC(=O)NNC(=O)C1=NN(c2ccccc2)C(c2ccccc2)C1. The first kappa shape index (κ1) is 17.5. The zero-order chi connectivity index (χ0) is 18.4. The number of benzene rings is 2. The predicted molar refractivity (Wildman–Crippen MR) is 98.5 cm³/mol. The Kier molecular flexibility index (Phi) is 5.48. The number of carbonyl (C=O) groups is 2. The number of hydrogen-bond donors (Lipinski definition) is 2. The highest BCUT2D eigenvalue weighted by Crippen LogP contribution is 2.34. The molecule has 7 heteroatoms. The Bertz CT molecular complexity index is 793. The number of nitrogens with zero attached hydrogens (tertiary/aromatic N) is 2. The number of anilines is 1. The van der Waals surface area contributed by atoms with E-state index in [9.17, 15) is 9.59 Å². The van der Waals surface area contributed by atoms with Gasteiger partial charge in [0.1, 0.15) is 5.71 Å². The Hall–Kier alpha value is -3.35. The van der Waals surface area contributed by atoms with Crippen molar-refractivity contribution in [2.75, 3.05) is 11.6 Å². The molecule has 3 rings (SSSR count). The normalized spacial score (nSPS) is 16.0. The number of hydrazine groups is 1. The zero-order valence-corrected chi connectivity index (χ0v) is 14.4. The first-order valence-electron chi connectivity index (χ1n) is 8.39. The van der Waals surface area contributed by atoms with Crippen LogP contribution in [0, 0.1) is 0 Å². The van der Waals surface area contributed by atoms with Crippen LogP contribution in [0.1, 0.15) is 24.9 Å². The van der Waals surface area contributed by atoms with Crippen molar-refractivity contribution in [3.8, 4) is 0 Å². The van der Waals surface area contributed by atoms with Crippen molar-refractivity contribution < 1.29 is 14.3 Å². The number of ether oxygens (including phenoxy) is 1. The average Bonchev–Trinajstić information content (AvgIpc) is 3.13. The molecule has 2 aromatic carbocycles. The van der Waals surface area contributed by atoms with Gasteiger partial charge in [-0.2, -0.15) is 5.10 Å². The Labute approximate surface area is 151 Å². The van der Waals surface area contributed by atoms with E-state index in [2.05, 4.69) is 16.0 Å². The van der Waals surface area contributed by atoms with Crippen LogP contribution in [0.4, 0.5) is 10.5 Å². The molecule has 0 aliphatic carbocycles. The molecule has 7 nitrogen and oxygen atoms in total. The van der Waals surface area contributed by atoms with Crippen molar-refractivity contribution >= 4 is 23.4 Å². The third-order valence-electron chi connectivity index (χ3n) is 3.93. The minimum absolute atomic E-state index is 0.0954. The molecule has 2 amide bonds.